The topological polar surface area (TPSA) is 68.5 Å². The number of hydrogen-bond donors (Lipinski definition) is 1. The van der Waals surface area contributed by atoms with Crippen LogP contribution in [0.3, 0.4) is 0 Å². The molecule has 1 aliphatic rings. The van der Waals surface area contributed by atoms with Crippen LogP contribution in [0.1, 0.15) is 0 Å². The third kappa shape index (κ3) is 2.24. The molecule has 0 atom stereocenters. The van der Waals surface area contributed by atoms with Crippen LogP contribution in [0.5, 0.6) is 0 Å². The molecule has 1 aliphatic heterocycles. The molecule has 0 fully saturated rings. The van der Waals surface area contributed by atoms with Crippen LogP contribution < -0.4 is 10.2 Å². The smallest absolute Gasteiger partial charge is 0.244 e. The minimum absolute atomic E-state index is 0.108. The average molecular weight is 246 g/mol. The van der Waals surface area contributed by atoms with Crippen LogP contribution in [-0.2, 0) is 4.79 Å². The Bertz CT molecular complexity index is 520. The zero-order valence-corrected chi connectivity index (χ0v) is 9.99. The summed E-state index contributed by atoms with van der Waals surface area (Å²) in [6.07, 6.45) is 3.58. The Balaban J connectivity index is 2.46. The molecule has 86 valence electrons. The predicted molar refractivity (Wildman–Crippen MR) is 69.0 cm³/mol. The largest absolute Gasteiger partial charge is 0.323 e. The fourth-order valence-electron chi connectivity index (χ4n) is 1.66. The highest BCUT2D eigenvalue weighted by molar-refractivity contribution is 8.13. The Hall–Kier alpha value is -2.00. The number of amides is 1. The number of hydrogen-bond acceptors (Lipinski definition) is 4. The summed E-state index contributed by atoms with van der Waals surface area (Å²) >= 11 is 1.34. The number of nitriles is 1. The standard InChI is InChI=1S/C11H10N4OS/c1-17-11(13-7-12)15-6-10(16)14-8-4-2-3-5-9(8)15/h2-5H,6H2,1H3,(H,14,16). The number of benzene rings is 1. The number of fused-ring (bicyclic) bond motifs is 1. The van der Waals surface area contributed by atoms with E-state index in [0.29, 0.717) is 5.17 Å². The molecule has 1 N–H and O–H groups in total. The van der Waals surface area contributed by atoms with Gasteiger partial charge < -0.3 is 10.2 Å². The lowest BCUT2D eigenvalue weighted by atomic mass is 10.2. The molecule has 1 aromatic carbocycles. The molecule has 0 saturated carbocycles. The Labute approximate surface area is 103 Å². The van der Waals surface area contributed by atoms with E-state index in [-0.39, 0.29) is 12.5 Å². The first-order chi connectivity index (χ1) is 8.26. The van der Waals surface area contributed by atoms with Crippen LogP contribution in [0.25, 0.3) is 0 Å². The number of carbonyl (C=O) groups is 1. The Morgan fingerprint density at radius 2 is 2.35 bits per heavy atom. The Kier molecular flexibility index (Phi) is 3.30. The normalized spacial score (nSPS) is 14.9. The number of aliphatic imine (C=N–C) groups is 1. The molecule has 2 rings (SSSR count). The molecule has 0 bridgehead atoms. The molecule has 1 heterocycles. The zero-order valence-electron chi connectivity index (χ0n) is 9.17. The summed E-state index contributed by atoms with van der Waals surface area (Å²) in [4.78, 5) is 17.0. The number of carbonyl (C=O) groups excluding carboxylic acids is 1. The number of thioether (sulfide) groups is 1. The highest BCUT2D eigenvalue weighted by Gasteiger charge is 2.24. The molecule has 17 heavy (non-hydrogen) atoms. The maximum Gasteiger partial charge on any atom is 0.244 e. The van der Waals surface area contributed by atoms with E-state index in [4.69, 9.17) is 5.26 Å². The van der Waals surface area contributed by atoms with Gasteiger partial charge in [0.1, 0.15) is 6.54 Å². The number of amidine groups is 1. The van der Waals surface area contributed by atoms with Crippen molar-refractivity contribution >= 4 is 34.2 Å². The van der Waals surface area contributed by atoms with Crippen LogP contribution in [0.2, 0.25) is 0 Å². The fourth-order valence-corrected chi connectivity index (χ4v) is 2.18. The van der Waals surface area contributed by atoms with Gasteiger partial charge in [0.25, 0.3) is 0 Å². The predicted octanol–water partition coefficient (Wildman–Crippen LogP) is 1.65. The van der Waals surface area contributed by atoms with Gasteiger partial charge in [-0.1, -0.05) is 23.9 Å². The van der Waals surface area contributed by atoms with E-state index in [0.717, 1.165) is 11.4 Å². The minimum atomic E-state index is -0.108. The molecular formula is C11H10N4OS. The second-order valence-electron chi connectivity index (χ2n) is 3.35. The molecular weight excluding hydrogens is 236 g/mol. The van der Waals surface area contributed by atoms with Gasteiger partial charge in [0.2, 0.25) is 12.1 Å². The third-order valence-electron chi connectivity index (χ3n) is 2.33. The summed E-state index contributed by atoms with van der Waals surface area (Å²) in [5, 5.41) is 11.9. The molecule has 0 aliphatic carbocycles. The highest BCUT2D eigenvalue weighted by atomic mass is 32.2. The quantitative estimate of drug-likeness (QED) is 0.429. The van der Waals surface area contributed by atoms with Crippen LogP contribution in [-0.4, -0.2) is 23.9 Å². The molecule has 0 radical (unpaired) electrons. The van der Waals surface area contributed by atoms with E-state index in [1.54, 1.807) is 11.1 Å². The van der Waals surface area contributed by atoms with Gasteiger partial charge in [0.05, 0.1) is 11.4 Å². The monoisotopic (exact) mass is 246 g/mol. The maximum absolute atomic E-state index is 11.6. The van der Waals surface area contributed by atoms with Crippen molar-refractivity contribution in [3.05, 3.63) is 24.3 Å². The van der Waals surface area contributed by atoms with Crippen molar-refractivity contribution in [2.75, 3.05) is 23.0 Å². The van der Waals surface area contributed by atoms with Gasteiger partial charge in [-0.3, -0.25) is 4.79 Å². The lowest BCUT2D eigenvalue weighted by molar-refractivity contribution is -0.115. The summed E-state index contributed by atoms with van der Waals surface area (Å²) in [5.74, 6) is -0.108. The molecule has 0 saturated heterocycles. The summed E-state index contributed by atoms with van der Waals surface area (Å²) in [6, 6.07) is 7.44. The third-order valence-corrected chi connectivity index (χ3v) is 3.01. The molecule has 1 amide bonds. The van der Waals surface area contributed by atoms with E-state index in [9.17, 15) is 4.79 Å². The number of rotatable bonds is 0. The molecule has 0 aromatic heterocycles. The van der Waals surface area contributed by atoms with E-state index >= 15 is 0 Å². The number of nitrogens with one attached hydrogen (secondary N) is 1. The van der Waals surface area contributed by atoms with Crippen molar-refractivity contribution in [2.24, 2.45) is 4.99 Å². The van der Waals surface area contributed by atoms with Gasteiger partial charge in [-0.05, 0) is 18.4 Å². The van der Waals surface area contributed by atoms with Crippen molar-refractivity contribution in [3.8, 4) is 6.19 Å². The van der Waals surface area contributed by atoms with Crippen LogP contribution in [0.4, 0.5) is 11.4 Å². The van der Waals surface area contributed by atoms with Crippen LogP contribution >= 0.6 is 11.8 Å². The first kappa shape index (κ1) is 11.5. The minimum Gasteiger partial charge on any atom is -0.323 e. The Morgan fingerprint density at radius 3 is 3.06 bits per heavy atom. The van der Waals surface area contributed by atoms with Gasteiger partial charge in [-0.2, -0.15) is 5.26 Å². The zero-order chi connectivity index (χ0) is 12.3. The van der Waals surface area contributed by atoms with Gasteiger partial charge in [0, 0.05) is 0 Å². The molecule has 0 spiro atoms. The van der Waals surface area contributed by atoms with Crippen molar-refractivity contribution in [2.45, 2.75) is 0 Å². The maximum atomic E-state index is 11.6. The highest BCUT2D eigenvalue weighted by Crippen LogP contribution is 2.30. The second kappa shape index (κ2) is 4.89. The summed E-state index contributed by atoms with van der Waals surface area (Å²) in [6.45, 7) is 0.179. The van der Waals surface area contributed by atoms with Gasteiger partial charge >= 0.3 is 0 Å². The summed E-state index contributed by atoms with van der Waals surface area (Å²) < 4.78 is 0. The van der Waals surface area contributed by atoms with E-state index in [2.05, 4.69) is 10.3 Å². The van der Waals surface area contributed by atoms with Crippen molar-refractivity contribution in [3.63, 3.8) is 0 Å². The second-order valence-corrected chi connectivity index (χ2v) is 4.12. The first-order valence-corrected chi connectivity index (χ1v) is 6.16. The molecule has 1 aromatic rings. The van der Waals surface area contributed by atoms with Gasteiger partial charge in [0.15, 0.2) is 5.17 Å². The summed E-state index contributed by atoms with van der Waals surface area (Å²) in [5.41, 5.74) is 1.60. The van der Waals surface area contributed by atoms with Crippen molar-refractivity contribution < 1.29 is 4.79 Å². The lowest BCUT2D eigenvalue weighted by Gasteiger charge is -2.30. The van der Waals surface area contributed by atoms with Crippen molar-refractivity contribution in [1.82, 2.24) is 0 Å². The summed E-state index contributed by atoms with van der Waals surface area (Å²) in [7, 11) is 0. The van der Waals surface area contributed by atoms with E-state index in [1.807, 2.05) is 30.5 Å². The number of nitrogens with zero attached hydrogens (tertiary/aromatic N) is 3. The average Bonchev–Trinajstić information content (AvgIpc) is 2.35. The van der Waals surface area contributed by atoms with E-state index in [1.165, 1.54) is 11.8 Å². The van der Waals surface area contributed by atoms with Crippen LogP contribution in [0, 0.1) is 11.5 Å². The molecule has 6 heteroatoms. The molecule has 5 nitrogen and oxygen atoms in total. The SMILES string of the molecule is CSC(=NC#N)N1CC(=O)Nc2ccccc21. The van der Waals surface area contributed by atoms with Gasteiger partial charge in [-0.25, -0.2) is 0 Å². The first-order valence-electron chi connectivity index (χ1n) is 4.93. The van der Waals surface area contributed by atoms with E-state index < -0.39 is 0 Å². The molecule has 0 unspecified atom stereocenters. The number of para-hydroxylation sites is 2. The fraction of sp³-hybridized carbons (Fsp3) is 0.182. The lowest BCUT2D eigenvalue weighted by Crippen LogP contribution is -2.40. The Morgan fingerprint density at radius 1 is 1.59 bits per heavy atom. The number of anilines is 2. The van der Waals surface area contributed by atoms with Crippen molar-refractivity contribution in [1.29, 1.82) is 5.26 Å². The van der Waals surface area contributed by atoms with Crippen LogP contribution in [0.15, 0.2) is 29.3 Å². The van der Waals surface area contributed by atoms with Gasteiger partial charge in [-0.15, -0.1) is 4.99 Å².